The second-order valence-electron chi connectivity index (χ2n) is 3.46. The van der Waals surface area contributed by atoms with Crippen LogP contribution in [-0.4, -0.2) is 48.6 Å². The Bertz CT molecular complexity index is 137. The van der Waals surface area contributed by atoms with Gasteiger partial charge in [-0.1, -0.05) is 0 Å². The van der Waals surface area contributed by atoms with E-state index in [-0.39, 0.29) is 6.10 Å². The Morgan fingerprint density at radius 3 is 2.86 bits per heavy atom. The van der Waals surface area contributed by atoms with Crippen molar-refractivity contribution in [2.45, 2.75) is 31.1 Å². The molecule has 0 aromatic rings. The molecule has 0 aromatic heterocycles. The molecule has 0 spiro atoms. The van der Waals surface area contributed by atoms with Crippen LogP contribution < -0.4 is 0 Å². The van der Waals surface area contributed by atoms with Crippen molar-refractivity contribution in [1.29, 1.82) is 0 Å². The molecule has 3 nitrogen and oxygen atoms in total. The van der Waals surface area contributed by atoms with Gasteiger partial charge in [-0.3, -0.25) is 0 Å². The van der Waals surface area contributed by atoms with Gasteiger partial charge in [0.2, 0.25) is 0 Å². The van der Waals surface area contributed by atoms with E-state index in [9.17, 15) is 5.11 Å². The summed E-state index contributed by atoms with van der Waals surface area (Å²) in [4.78, 5) is 0. The van der Waals surface area contributed by atoms with Crippen LogP contribution in [0, 0.1) is 0 Å². The van der Waals surface area contributed by atoms with Crippen molar-refractivity contribution in [3.8, 4) is 0 Å². The molecule has 0 aliphatic carbocycles. The second kappa shape index (κ2) is 7.51. The molecule has 0 aromatic carbocycles. The first kappa shape index (κ1) is 12.3. The summed E-state index contributed by atoms with van der Waals surface area (Å²) in [5.74, 6) is 0.782. The highest BCUT2D eigenvalue weighted by molar-refractivity contribution is 7.99. The Kier molecular flexibility index (Phi) is 6.60. The number of ether oxygens (including phenoxy) is 2. The third kappa shape index (κ3) is 5.20. The lowest BCUT2D eigenvalue weighted by atomic mass is 10.2. The van der Waals surface area contributed by atoms with Crippen molar-refractivity contribution in [2.75, 3.05) is 32.2 Å². The van der Waals surface area contributed by atoms with E-state index in [0.29, 0.717) is 18.5 Å². The van der Waals surface area contributed by atoms with Gasteiger partial charge in [0.1, 0.15) is 0 Å². The molecule has 1 N–H and O–H groups in total. The van der Waals surface area contributed by atoms with E-state index in [4.69, 9.17) is 9.47 Å². The molecular formula is C10H20O3S. The smallest absolute Gasteiger partial charge is 0.0863 e. The lowest BCUT2D eigenvalue weighted by Gasteiger charge is -2.22. The summed E-state index contributed by atoms with van der Waals surface area (Å²) < 4.78 is 10.4. The maximum absolute atomic E-state index is 9.53. The fourth-order valence-electron chi connectivity index (χ4n) is 1.39. The molecule has 1 aliphatic rings. The molecule has 0 radical (unpaired) electrons. The van der Waals surface area contributed by atoms with E-state index in [0.717, 1.165) is 31.8 Å². The quantitative estimate of drug-likeness (QED) is 0.732. The van der Waals surface area contributed by atoms with E-state index in [1.54, 1.807) is 0 Å². The average molecular weight is 220 g/mol. The van der Waals surface area contributed by atoms with E-state index < -0.39 is 0 Å². The number of hydrogen-bond acceptors (Lipinski definition) is 4. The van der Waals surface area contributed by atoms with Gasteiger partial charge in [0, 0.05) is 30.8 Å². The molecule has 0 bridgehead atoms. The SMILES string of the molecule is CCOCC(O)CSC1CCOCC1. The minimum Gasteiger partial charge on any atom is -0.390 e. The Morgan fingerprint density at radius 1 is 1.50 bits per heavy atom. The van der Waals surface area contributed by atoms with Gasteiger partial charge in [-0.25, -0.2) is 0 Å². The van der Waals surface area contributed by atoms with Crippen LogP contribution in [-0.2, 0) is 9.47 Å². The Hall–Kier alpha value is 0.230. The van der Waals surface area contributed by atoms with Crippen molar-refractivity contribution in [3.63, 3.8) is 0 Å². The van der Waals surface area contributed by atoms with Crippen LogP contribution in [0.15, 0.2) is 0 Å². The molecule has 1 rings (SSSR count). The van der Waals surface area contributed by atoms with Gasteiger partial charge in [0.15, 0.2) is 0 Å². The zero-order chi connectivity index (χ0) is 10.2. The topological polar surface area (TPSA) is 38.7 Å². The Labute approximate surface area is 90.2 Å². The first-order chi connectivity index (χ1) is 6.83. The van der Waals surface area contributed by atoms with Crippen LogP contribution >= 0.6 is 11.8 Å². The monoisotopic (exact) mass is 220 g/mol. The molecule has 1 fully saturated rings. The fraction of sp³-hybridized carbons (Fsp3) is 1.00. The average Bonchev–Trinajstić information content (AvgIpc) is 2.25. The summed E-state index contributed by atoms with van der Waals surface area (Å²) in [5.41, 5.74) is 0. The van der Waals surface area contributed by atoms with Crippen molar-refractivity contribution in [3.05, 3.63) is 0 Å². The molecule has 4 heteroatoms. The summed E-state index contributed by atoms with van der Waals surface area (Å²) in [6, 6.07) is 0. The van der Waals surface area contributed by atoms with E-state index in [1.165, 1.54) is 0 Å². The van der Waals surface area contributed by atoms with Crippen molar-refractivity contribution >= 4 is 11.8 Å². The second-order valence-corrected chi connectivity index (χ2v) is 4.79. The highest BCUT2D eigenvalue weighted by Gasteiger charge is 2.15. The lowest BCUT2D eigenvalue weighted by Crippen LogP contribution is -2.23. The summed E-state index contributed by atoms with van der Waals surface area (Å²) in [7, 11) is 0. The minimum absolute atomic E-state index is 0.317. The number of hydrogen-bond donors (Lipinski definition) is 1. The molecular weight excluding hydrogens is 200 g/mol. The zero-order valence-electron chi connectivity index (χ0n) is 8.78. The Balaban J connectivity index is 2.00. The number of aliphatic hydroxyl groups is 1. The largest absolute Gasteiger partial charge is 0.390 e. The van der Waals surface area contributed by atoms with Gasteiger partial charge < -0.3 is 14.6 Å². The van der Waals surface area contributed by atoms with Crippen molar-refractivity contribution < 1.29 is 14.6 Å². The van der Waals surface area contributed by atoms with Gasteiger partial charge in [-0.05, 0) is 19.8 Å². The number of rotatable bonds is 6. The van der Waals surface area contributed by atoms with Crippen LogP contribution in [0.2, 0.25) is 0 Å². The van der Waals surface area contributed by atoms with Crippen LogP contribution in [0.5, 0.6) is 0 Å². The van der Waals surface area contributed by atoms with E-state index in [2.05, 4.69) is 0 Å². The van der Waals surface area contributed by atoms with E-state index >= 15 is 0 Å². The fourth-order valence-corrected chi connectivity index (χ4v) is 2.51. The first-order valence-electron chi connectivity index (χ1n) is 5.28. The van der Waals surface area contributed by atoms with Gasteiger partial charge in [-0.15, -0.1) is 0 Å². The third-order valence-electron chi connectivity index (χ3n) is 2.21. The molecule has 0 amide bonds. The molecule has 0 saturated carbocycles. The summed E-state index contributed by atoms with van der Waals surface area (Å²) >= 11 is 1.85. The summed E-state index contributed by atoms with van der Waals surface area (Å²) in [5, 5.41) is 10.2. The highest BCUT2D eigenvalue weighted by Crippen LogP contribution is 2.22. The van der Waals surface area contributed by atoms with Crippen molar-refractivity contribution in [2.24, 2.45) is 0 Å². The lowest BCUT2D eigenvalue weighted by molar-refractivity contribution is 0.0548. The van der Waals surface area contributed by atoms with E-state index in [1.807, 2.05) is 18.7 Å². The van der Waals surface area contributed by atoms with Crippen molar-refractivity contribution in [1.82, 2.24) is 0 Å². The van der Waals surface area contributed by atoms with Crippen LogP contribution in [0.1, 0.15) is 19.8 Å². The number of aliphatic hydroxyl groups excluding tert-OH is 1. The van der Waals surface area contributed by atoms with Crippen LogP contribution in [0.3, 0.4) is 0 Å². The molecule has 1 heterocycles. The van der Waals surface area contributed by atoms with Crippen LogP contribution in [0.4, 0.5) is 0 Å². The molecule has 1 unspecified atom stereocenters. The van der Waals surface area contributed by atoms with Crippen LogP contribution in [0.25, 0.3) is 0 Å². The maximum atomic E-state index is 9.53. The molecule has 1 atom stereocenters. The van der Waals surface area contributed by atoms with Gasteiger partial charge in [0.05, 0.1) is 12.7 Å². The Morgan fingerprint density at radius 2 is 2.21 bits per heavy atom. The standard InChI is InChI=1S/C10H20O3S/c1-2-12-7-9(11)8-14-10-3-5-13-6-4-10/h9-11H,2-8H2,1H3. The normalized spacial score (nSPS) is 21.0. The molecule has 84 valence electrons. The first-order valence-corrected chi connectivity index (χ1v) is 6.33. The maximum Gasteiger partial charge on any atom is 0.0863 e. The molecule has 1 aliphatic heterocycles. The zero-order valence-corrected chi connectivity index (χ0v) is 9.59. The van der Waals surface area contributed by atoms with Gasteiger partial charge in [0.25, 0.3) is 0 Å². The predicted molar refractivity (Wildman–Crippen MR) is 58.8 cm³/mol. The predicted octanol–water partition coefficient (Wildman–Crippen LogP) is 1.30. The van der Waals surface area contributed by atoms with Gasteiger partial charge in [-0.2, -0.15) is 11.8 Å². The summed E-state index contributed by atoms with van der Waals surface area (Å²) in [6.07, 6.45) is 1.92. The highest BCUT2D eigenvalue weighted by atomic mass is 32.2. The minimum atomic E-state index is -0.317. The molecule has 14 heavy (non-hydrogen) atoms. The third-order valence-corrected chi connectivity index (χ3v) is 3.73. The molecule has 1 saturated heterocycles. The van der Waals surface area contributed by atoms with Gasteiger partial charge >= 0.3 is 0 Å². The number of thioether (sulfide) groups is 1. The summed E-state index contributed by atoms with van der Waals surface area (Å²) in [6.45, 7) is 4.84.